The van der Waals surface area contributed by atoms with Crippen LogP contribution in [0, 0.1) is 11.8 Å². The van der Waals surface area contributed by atoms with E-state index in [9.17, 15) is 4.79 Å². The standard InChI is InChI=1S/C18H28N2O3/c1-14(2)8-11-23-17-5-3-4-16(12-17)19-18(22)20-9-6-15(13-21)7-10-20/h3-5,12,14-15,21H,6-11,13H2,1-2H3,(H,19,22). The number of rotatable bonds is 6. The quantitative estimate of drug-likeness (QED) is 0.845. The fraction of sp³-hybridized carbons (Fsp3) is 0.611. The SMILES string of the molecule is CC(C)CCOc1cccc(NC(=O)N2CCC(CO)CC2)c1. The van der Waals surface area contributed by atoms with E-state index in [2.05, 4.69) is 19.2 Å². The Labute approximate surface area is 138 Å². The normalized spacial score (nSPS) is 15.7. The number of nitrogens with one attached hydrogen (secondary N) is 1. The van der Waals surface area contributed by atoms with Gasteiger partial charge in [0, 0.05) is 31.5 Å². The number of piperidine rings is 1. The van der Waals surface area contributed by atoms with Gasteiger partial charge in [-0.3, -0.25) is 0 Å². The summed E-state index contributed by atoms with van der Waals surface area (Å²) >= 11 is 0. The summed E-state index contributed by atoms with van der Waals surface area (Å²) in [6, 6.07) is 7.44. The molecule has 1 aliphatic rings. The van der Waals surface area contributed by atoms with E-state index in [1.54, 1.807) is 4.90 Å². The van der Waals surface area contributed by atoms with Crippen molar-refractivity contribution in [2.45, 2.75) is 33.1 Å². The van der Waals surface area contributed by atoms with Crippen LogP contribution in [-0.4, -0.2) is 42.3 Å². The van der Waals surface area contributed by atoms with E-state index in [1.807, 2.05) is 24.3 Å². The molecule has 1 heterocycles. The Hall–Kier alpha value is -1.75. The molecule has 23 heavy (non-hydrogen) atoms. The van der Waals surface area contributed by atoms with Gasteiger partial charge in [-0.15, -0.1) is 0 Å². The summed E-state index contributed by atoms with van der Waals surface area (Å²) in [5, 5.41) is 12.1. The smallest absolute Gasteiger partial charge is 0.321 e. The zero-order valence-corrected chi connectivity index (χ0v) is 14.1. The van der Waals surface area contributed by atoms with Gasteiger partial charge in [0.15, 0.2) is 0 Å². The Kier molecular flexibility index (Phi) is 6.71. The predicted octanol–water partition coefficient (Wildman–Crippen LogP) is 3.35. The highest BCUT2D eigenvalue weighted by Crippen LogP contribution is 2.20. The van der Waals surface area contributed by atoms with Crippen LogP contribution in [0.3, 0.4) is 0 Å². The van der Waals surface area contributed by atoms with Crippen LogP contribution in [0.2, 0.25) is 0 Å². The van der Waals surface area contributed by atoms with E-state index in [-0.39, 0.29) is 12.6 Å². The van der Waals surface area contributed by atoms with E-state index in [0.29, 0.717) is 31.5 Å². The molecule has 5 heteroatoms. The third-order valence-electron chi connectivity index (χ3n) is 4.21. The van der Waals surface area contributed by atoms with Crippen LogP contribution >= 0.6 is 0 Å². The van der Waals surface area contributed by atoms with Crippen molar-refractivity contribution in [3.8, 4) is 5.75 Å². The number of likely N-dealkylation sites (tertiary alicyclic amines) is 1. The summed E-state index contributed by atoms with van der Waals surface area (Å²) in [5.41, 5.74) is 0.751. The van der Waals surface area contributed by atoms with Crippen LogP contribution in [0.25, 0.3) is 0 Å². The molecule has 0 atom stereocenters. The number of anilines is 1. The number of carbonyl (C=O) groups is 1. The molecule has 5 nitrogen and oxygen atoms in total. The number of aliphatic hydroxyl groups is 1. The number of benzene rings is 1. The van der Waals surface area contributed by atoms with E-state index >= 15 is 0 Å². The van der Waals surface area contributed by atoms with Crippen LogP contribution in [-0.2, 0) is 0 Å². The van der Waals surface area contributed by atoms with Gasteiger partial charge in [0.2, 0.25) is 0 Å². The highest BCUT2D eigenvalue weighted by atomic mass is 16.5. The zero-order chi connectivity index (χ0) is 16.7. The summed E-state index contributed by atoms with van der Waals surface area (Å²) in [6.45, 7) is 6.62. The lowest BCUT2D eigenvalue weighted by molar-refractivity contribution is 0.143. The number of aliphatic hydroxyl groups excluding tert-OH is 1. The lowest BCUT2D eigenvalue weighted by Gasteiger charge is -2.31. The molecule has 1 aromatic carbocycles. The Bertz CT molecular complexity index is 497. The number of hydrogen-bond acceptors (Lipinski definition) is 3. The summed E-state index contributed by atoms with van der Waals surface area (Å²) in [5.74, 6) is 1.72. The second-order valence-corrected chi connectivity index (χ2v) is 6.60. The van der Waals surface area contributed by atoms with E-state index in [4.69, 9.17) is 9.84 Å². The lowest BCUT2D eigenvalue weighted by atomic mass is 9.98. The van der Waals surface area contributed by atoms with E-state index in [0.717, 1.165) is 30.7 Å². The zero-order valence-electron chi connectivity index (χ0n) is 14.1. The van der Waals surface area contributed by atoms with Gasteiger partial charge in [0.25, 0.3) is 0 Å². The summed E-state index contributed by atoms with van der Waals surface area (Å²) < 4.78 is 5.72. The average molecular weight is 320 g/mol. The van der Waals surface area contributed by atoms with Gasteiger partial charge in [0.05, 0.1) is 6.61 Å². The van der Waals surface area contributed by atoms with Crippen LogP contribution in [0.5, 0.6) is 5.75 Å². The molecule has 2 amide bonds. The maximum atomic E-state index is 12.3. The van der Waals surface area contributed by atoms with Crippen molar-refractivity contribution in [3.05, 3.63) is 24.3 Å². The minimum absolute atomic E-state index is 0.0827. The van der Waals surface area contributed by atoms with Gasteiger partial charge in [-0.2, -0.15) is 0 Å². The third kappa shape index (κ3) is 5.75. The summed E-state index contributed by atoms with van der Waals surface area (Å²) in [7, 11) is 0. The highest BCUT2D eigenvalue weighted by Gasteiger charge is 2.22. The maximum Gasteiger partial charge on any atom is 0.321 e. The highest BCUT2D eigenvalue weighted by molar-refractivity contribution is 5.89. The molecule has 1 fully saturated rings. The molecule has 0 aliphatic carbocycles. The summed E-state index contributed by atoms with van der Waals surface area (Å²) in [4.78, 5) is 14.1. The monoisotopic (exact) mass is 320 g/mol. The van der Waals surface area contributed by atoms with Crippen LogP contribution < -0.4 is 10.1 Å². The molecule has 2 N–H and O–H groups in total. The number of nitrogens with zero attached hydrogens (tertiary/aromatic N) is 1. The maximum absolute atomic E-state index is 12.3. The van der Waals surface area contributed by atoms with Gasteiger partial charge < -0.3 is 20.1 Å². The van der Waals surface area contributed by atoms with Crippen molar-refractivity contribution in [2.75, 3.05) is 31.6 Å². The van der Waals surface area contributed by atoms with Crippen LogP contribution in [0.1, 0.15) is 33.1 Å². The minimum atomic E-state index is -0.0827. The molecule has 1 aliphatic heterocycles. The molecule has 1 aromatic rings. The van der Waals surface area contributed by atoms with Crippen molar-refractivity contribution >= 4 is 11.7 Å². The minimum Gasteiger partial charge on any atom is -0.494 e. The van der Waals surface area contributed by atoms with Gasteiger partial charge in [-0.05, 0) is 43.2 Å². The largest absolute Gasteiger partial charge is 0.494 e. The molecule has 0 bridgehead atoms. The first kappa shape index (κ1) is 17.6. The molecule has 0 radical (unpaired) electrons. The number of carbonyl (C=O) groups excluding carboxylic acids is 1. The molecule has 128 valence electrons. The van der Waals surface area contributed by atoms with Gasteiger partial charge in [-0.1, -0.05) is 19.9 Å². The van der Waals surface area contributed by atoms with Crippen molar-refractivity contribution in [3.63, 3.8) is 0 Å². The number of ether oxygens (including phenoxy) is 1. The predicted molar refractivity (Wildman–Crippen MR) is 91.8 cm³/mol. The Balaban J connectivity index is 1.83. The molecule has 0 saturated carbocycles. The molecular weight excluding hydrogens is 292 g/mol. The molecule has 0 spiro atoms. The number of hydrogen-bond donors (Lipinski definition) is 2. The van der Waals surface area contributed by atoms with Gasteiger partial charge in [-0.25, -0.2) is 4.79 Å². The fourth-order valence-electron chi connectivity index (χ4n) is 2.60. The molecule has 0 aromatic heterocycles. The lowest BCUT2D eigenvalue weighted by Crippen LogP contribution is -2.41. The summed E-state index contributed by atoms with van der Waals surface area (Å²) in [6.07, 6.45) is 2.74. The second-order valence-electron chi connectivity index (χ2n) is 6.60. The molecule has 0 unspecified atom stereocenters. The Morgan fingerprint density at radius 3 is 2.78 bits per heavy atom. The fourth-order valence-corrected chi connectivity index (χ4v) is 2.60. The number of urea groups is 1. The Morgan fingerprint density at radius 2 is 2.13 bits per heavy atom. The number of amides is 2. The van der Waals surface area contributed by atoms with Crippen molar-refractivity contribution in [1.29, 1.82) is 0 Å². The topological polar surface area (TPSA) is 61.8 Å². The van der Waals surface area contributed by atoms with Crippen molar-refractivity contribution in [2.24, 2.45) is 11.8 Å². The van der Waals surface area contributed by atoms with Crippen molar-refractivity contribution < 1.29 is 14.6 Å². The van der Waals surface area contributed by atoms with Crippen LogP contribution in [0.15, 0.2) is 24.3 Å². The molecule has 2 rings (SSSR count). The molecular formula is C18H28N2O3. The average Bonchev–Trinajstić information content (AvgIpc) is 2.55. The van der Waals surface area contributed by atoms with Gasteiger partial charge in [0.1, 0.15) is 5.75 Å². The Morgan fingerprint density at radius 1 is 1.39 bits per heavy atom. The van der Waals surface area contributed by atoms with Crippen LogP contribution in [0.4, 0.5) is 10.5 Å². The first-order valence-electron chi connectivity index (χ1n) is 8.48. The van der Waals surface area contributed by atoms with E-state index < -0.39 is 0 Å². The van der Waals surface area contributed by atoms with Crippen molar-refractivity contribution in [1.82, 2.24) is 4.90 Å². The second kappa shape index (κ2) is 8.77. The molecule has 1 saturated heterocycles. The first-order chi connectivity index (χ1) is 11.1. The van der Waals surface area contributed by atoms with E-state index in [1.165, 1.54) is 0 Å². The third-order valence-corrected chi connectivity index (χ3v) is 4.21. The van der Waals surface area contributed by atoms with Gasteiger partial charge >= 0.3 is 6.03 Å². The first-order valence-corrected chi connectivity index (χ1v) is 8.48.